The fourth-order valence-electron chi connectivity index (χ4n) is 4.06. The molecule has 32 heavy (non-hydrogen) atoms. The molecule has 7 nitrogen and oxygen atoms in total. The molecule has 168 valence electrons. The van der Waals surface area contributed by atoms with Crippen LogP contribution in [0.5, 0.6) is 11.5 Å². The summed E-state index contributed by atoms with van der Waals surface area (Å²) in [4.78, 5) is 16.5. The Labute approximate surface area is 188 Å². The lowest BCUT2D eigenvalue weighted by molar-refractivity contribution is -0.131. The molecule has 1 aliphatic carbocycles. The Morgan fingerprint density at radius 1 is 1.22 bits per heavy atom. The number of phenolic OH excluding ortho intramolecular Hbond substituents is 1. The second kappa shape index (κ2) is 9.44. The number of hydrogen-bond acceptors (Lipinski definition) is 5. The van der Waals surface area contributed by atoms with Crippen LogP contribution in [0.4, 0.5) is 0 Å². The lowest BCUT2D eigenvalue weighted by atomic mass is 9.87. The molecule has 1 amide bonds. The molecule has 3 aromatic rings. The minimum atomic E-state index is 0.0563. The minimum absolute atomic E-state index is 0.0563. The lowest BCUT2D eigenvalue weighted by Crippen LogP contribution is -2.51. The van der Waals surface area contributed by atoms with E-state index in [0.717, 1.165) is 47.2 Å². The third kappa shape index (κ3) is 4.78. The van der Waals surface area contributed by atoms with E-state index in [1.165, 1.54) is 0 Å². The van der Waals surface area contributed by atoms with Crippen LogP contribution in [0.3, 0.4) is 0 Å². The minimum Gasteiger partial charge on any atom is -0.508 e. The van der Waals surface area contributed by atoms with E-state index in [-0.39, 0.29) is 23.8 Å². The first-order valence-electron chi connectivity index (χ1n) is 11.0. The summed E-state index contributed by atoms with van der Waals surface area (Å²) < 4.78 is 6.35. The average molecular weight is 435 g/mol. The Kier molecular flexibility index (Phi) is 6.46. The summed E-state index contributed by atoms with van der Waals surface area (Å²) in [5.74, 6) is 1.08. The second-order valence-corrected chi connectivity index (χ2v) is 8.51. The zero-order valence-corrected chi connectivity index (χ0v) is 18.8. The van der Waals surface area contributed by atoms with E-state index < -0.39 is 0 Å². The number of amides is 1. The summed E-state index contributed by atoms with van der Waals surface area (Å²) in [5, 5.41) is 17.7. The fraction of sp³-hybridized carbons (Fsp3) is 0.360. The number of phenols is 1. The van der Waals surface area contributed by atoms with E-state index >= 15 is 0 Å². The first kappa shape index (κ1) is 21.9. The monoisotopic (exact) mass is 434 g/mol. The van der Waals surface area contributed by atoms with Crippen LogP contribution in [-0.4, -0.2) is 70.3 Å². The number of benzene rings is 2. The molecule has 4 rings (SSSR count). The lowest BCUT2D eigenvalue weighted by Gasteiger charge is -2.42. The number of nitrogens with zero attached hydrogens (tertiary/aromatic N) is 3. The number of nitrogens with one attached hydrogen (secondary N) is 1. The van der Waals surface area contributed by atoms with Crippen molar-refractivity contribution in [2.24, 2.45) is 0 Å². The topological polar surface area (TPSA) is 81.7 Å². The summed E-state index contributed by atoms with van der Waals surface area (Å²) in [5.41, 5.74) is 2.88. The standard InChI is InChI=1S/C25H30N4O3/c1-4-29(25(31)6-5-11-28(2)3)19-14-21(15-19)32-24-13-18(12-23-22(24)16-26-27-23)17-7-9-20(30)10-8-17/h5-10,12-13,16,19,21,30H,4,11,14-15H2,1-3H3,(H,26,27)/b6-5+. The zero-order chi connectivity index (χ0) is 22.7. The van der Waals surface area contributed by atoms with Crippen molar-refractivity contribution in [2.45, 2.75) is 31.9 Å². The summed E-state index contributed by atoms with van der Waals surface area (Å²) in [7, 11) is 3.96. The normalized spacial score (nSPS) is 18.2. The van der Waals surface area contributed by atoms with E-state index in [1.807, 2.05) is 61.2 Å². The van der Waals surface area contributed by atoms with Crippen LogP contribution >= 0.6 is 0 Å². The maximum absolute atomic E-state index is 12.6. The van der Waals surface area contributed by atoms with Crippen LogP contribution < -0.4 is 4.74 Å². The van der Waals surface area contributed by atoms with Gasteiger partial charge in [0.1, 0.15) is 17.6 Å². The maximum Gasteiger partial charge on any atom is 0.246 e. The molecular formula is C25H30N4O3. The number of aromatic hydroxyl groups is 1. The van der Waals surface area contributed by atoms with Crippen LogP contribution in [0.25, 0.3) is 22.0 Å². The Hall–Kier alpha value is -3.32. The molecular weight excluding hydrogens is 404 g/mol. The Morgan fingerprint density at radius 2 is 1.97 bits per heavy atom. The fourth-order valence-corrected chi connectivity index (χ4v) is 4.06. The van der Waals surface area contributed by atoms with Crippen molar-refractivity contribution in [1.29, 1.82) is 0 Å². The van der Waals surface area contributed by atoms with Gasteiger partial charge in [0.25, 0.3) is 0 Å². The van der Waals surface area contributed by atoms with Crippen molar-refractivity contribution < 1.29 is 14.6 Å². The number of carbonyl (C=O) groups excluding carboxylic acids is 1. The molecule has 0 atom stereocenters. The first-order valence-corrected chi connectivity index (χ1v) is 11.0. The number of aromatic amines is 1. The average Bonchev–Trinajstić information content (AvgIpc) is 3.21. The van der Waals surface area contributed by atoms with Gasteiger partial charge in [0, 0.05) is 38.0 Å². The van der Waals surface area contributed by atoms with Gasteiger partial charge in [0.05, 0.1) is 17.1 Å². The van der Waals surface area contributed by atoms with Gasteiger partial charge >= 0.3 is 0 Å². The van der Waals surface area contributed by atoms with E-state index in [2.05, 4.69) is 10.2 Å². The van der Waals surface area contributed by atoms with Crippen molar-refractivity contribution in [2.75, 3.05) is 27.2 Å². The van der Waals surface area contributed by atoms with E-state index in [1.54, 1.807) is 24.4 Å². The number of fused-ring (bicyclic) bond motifs is 1. The third-order valence-corrected chi connectivity index (χ3v) is 5.88. The predicted molar refractivity (Wildman–Crippen MR) is 126 cm³/mol. The number of aromatic nitrogens is 2. The Morgan fingerprint density at radius 3 is 2.66 bits per heavy atom. The van der Waals surface area contributed by atoms with Crippen LogP contribution in [-0.2, 0) is 4.79 Å². The number of likely N-dealkylation sites (N-methyl/N-ethyl adjacent to an activating group) is 2. The van der Waals surface area contributed by atoms with Crippen LogP contribution in [0.1, 0.15) is 19.8 Å². The van der Waals surface area contributed by atoms with Crippen molar-refractivity contribution in [3.8, 4) is 22.6 Å². The molecule has 1 fully saturated rings. The quantitative estimate of drug-likeness (QED) is 0.527. The summed E-state index contributed by atoms with van der Waals surface area (Å²) in [6.07, 6.45) is 7.03. The molecule has 1 heterocycles. The molecule has 2 N–H and O–H groups in total. The van der Waals surface area contributed by atoms with Crippen LogP contribution in [0.2, 0.25) is 0 Å². The van der Waals surface area contributed by atoms with Gasteiger partial charge in [0.15, 0.2) is 0 Å². The van der Waals surface area contributed by atoms with E-state index in [9.17, 15) is 9.90 Å². The van der Waals surface area contributed by atoms with Gasteiger partial charge in [-0.1, -0.05) is 18.2 Å². The zero-order valence-electron chi connectivity index (χ0n) is 18.8. The molecule has 1 aromatic heterocycles. The van der Waals surface area contributed by atoms with Crippen molar-refractivity contribution in [3.05, 3.63) is 54.7 Å². The van der Waals surface area contributed by atoms with E-state index in [0.29, 0.717) is 6.54 Å². The SMILES string of the molecule is CCN(C(=O)/C=C/CN(C)C)C1CC(Oc2cc(-c3ccc(O)cc3)cc3[nH]ncc23)C1. The first-order chi connectivity index (χ1) is 15.4. The largest absolute Gasteiger partial charge is 0.508 e. The Balaban J connectivity index is 1.45. The van der Waals surface area contributed by atoms with Crippen molar-refractivity contribution in [3.63, 3.8) is 0 Å². The molecule has 1 saturated carbocycles. The molecule has 0 aliphatic heterocycles. The highest BCUT2D eigenvalue weighted by Gasteiger charge is 2.36. The van der Waals surface area contributed by atoms with Crippen LogP contribution in [0, 0.1) is 0 Å². The summed E-state index contributed by atoms with van der Waals surface area (Å²) >= 11 is 0. The van der Waals surface area contributed by atoms with Crippen molar-refractivity contribution >= 4 is 16.8 Å². The van der Waals surface area contributed by atoms with Gasteiger partial charge < -0.3 is 19.6 Å². The highest BCUT2D eigenvalue weighted by Crippen LogP contribution is 2.36. The highest BCUT2D eigenvalue weighted by atomic mass is 16.5. The summed E-state index contributed by atoms with van der Waals surface area (Å²) in [6.45, 7) is 3.45. The van der Waals surface area contributed by atoms with Gasteiger partial charge in [-0.2, -0.15) is 5.10 Å². The Bertz CT molecular complexity index is 1100. The van der Waals surface area contributed by atoms with Crippen LogP contribution in [0.15, 0.2) is 54.7 Å². The summed E-state index contributed by atoms with van der Waals surface area (Å²) in [6, 6.07) is 11.4. The smallest absolute Gasteiger partial charge is 0.246 e. The van der Waals surface area contributed by atoms with E-state index in [4.69, 9.17) is 4.74 Å². The van der Waals surface area contributed by atoms with Gasteiger partial charge in [-0.3, -0.25) is 9.89 Å². The number of rotatable bonds is 8. The molecule has 1 aliphatic rings. The molecule has 0 spiro atoms. The predicted octanol–water partition coefficient (Wildman–Crippen LogP) is 3.81. The molecule has 0 unspecified atom stereocenters. The maximum atomic E-state index is 12.6. The molecule has 0 radical (unpaired) electrons. The van der Waals surface area contributed by atoms with Gasteiger partial charge in [-0.25, -0.2) is 0 Å². The second-order valence-electron chi connectivity index (χ2n) is 8.51. The molecule has 7 heteroatoms. The molecule has 0 bridgehead atoms. The molecule has 0 saturated heterocycles. The number of hydrogen-bond donors (Lipinski definition) is 2. The highest BCUT2D eigenvalue weighted by molar-refractivity contribution is 5.90. The van der Waals surface area contributed by atoms with Gasteiger partial charge in [-0.05, 0) is 56.4 Å². The third-order valence-electron chi connectivity index (χ3n) is 5.88. The molecule has 2 aromatic carbocycles. The van der Waals surface area contributed by atoms with Gasteiger partial charge in [-0.15, -0.1) is 0 Å². The number of ether oxygens (including phenoxy) is 1. The van der Waals surface area contributed by atoms with Gasteiger partial charge in [0.2, 0.25) is 5.91 Å². The van der Waals surface area contributed by atoms with Crippen molar-refractivity contribution in [1.82, 2.24) is 20.0 Å². The number of carbonyl (C=O) groups is 1. The number of H-pyrrole nitrogens is 1.